The fourth-order valence-corrected chi connectivity index (χ4v) is 1.01. The van der Waals surface area contributed by atoms with Gasteiger partial charge in [0.1, 0.15) is 11.5 Å². The molecule has 0 bridgehead atoms. The highest BCUT2D eigenvalue weighted by Crippen LogP contribution is 2.18. The monoisotopic (exact) mass is 134 g/mol. The second-order valence-electron chi connectivity index (χ2n) is 1.95. The summed E-state index contributed by atoms with van der Waals surface area (Å²) in [4.78, 5) is 10.4. The van der Waals surface area contributed by atoms with Gasteiger partial charge in [0.15, 0.2) is 0 Å². The molecule has 2 atom stereocenters. The van der Waals surface area contributed by atoms with E-state index in [1.165, 1.54) is 0 Å². The molecular formula is C5H7ClO2. The standard InChI is InChI=1S/C5H7ClO2/c1-3-2-4(6)5(7)8-3/h3-4H,2H2,1H3/t3-,4+/m1/s1. The second kappa shape index (κ2) is 1.94. The van der Waals surface area contributed by atoms with Gasteiger partial charge in [-0.25, -0.2) is 0 Å². The van der Waals surface area contributed by atoms with Gasteiger partial charge in [-0.2, -0.15) is 0 Å². The summed E-state index contributed by atoms with van der Waals surface area (Å²) in [5, 5.41) is -0.398. The number of carbonyl (C=O) groups is 1. The number of alkyl halides is 1. The topological polar surface area (TPSA) is 26.3 Å². The highest BCUT2D eigenvalue weighted by atomic mass is 35.5. The summed E-state index contributed by atoms with van der Waals surface area (Å²) in [6.07, 6.45) is 0.672. The van der Waals surface area contributed by atoms with Crippen LogP contribution in [-0.4, -0.2) is 17.5 Å². The highest BCUT2D eigenvalue weighted by molar-refractivity contribution is 6.30. The van der Waals surface area contributed by atoms with Gasteiger partial charge >= 0.3 is 5.97 Å². The third-order valence-electron chi connectivity index (χ3n) is 1.11. The zero-order valence-electron chi connectivity index (χ0n) is 4.56. The van der Waals surface area contributed by atoms with Crippen LogP contribution in [0.2, 0.25) is 0 Å². The lowest BCUT2D eigenvalue weighted by molar-refractivity contribution is -0.140. The molecule has 1 rings (SSSR count). The van der Waals surface area contributed by atoms with E-state index in [0.717, 1.165) is 0 Å². The summed E-state index contributed by atoms with van der Waals surface area (Å²) in [5.74, 6) is -0.279. The summed E-state index contributed by atoms with van der Waals surface area (Å²) < 4.78 is 4.70. The Bertz CT molecular complexity index is 113. The summed E-state index contributed by atoms with van der Waals surface area (Å²) in [5.41, 5.74) is 0. The summed E-state index contributed by atoms with van der Waals surface area (Å²) in [7, 11) is 0. The van der Waals surface area contributed by atoms with Gasteiger partial charge in [0.25, 0.3) is 0 Å². The molecule has 0 aliphatic carbocycles. The molecule has 0 radical (unpaired) electrons. The molecule has 1 fully saturated rings. The Balaban J connectivity index is 2.51. The largest absolute Gasteiger partial charge is 0.461 e. The smallest absolute Gasteiger partial charge is 0.324 e. The van der Waals surface area contributed by atoms with Crippen molar-refractivity contribution in [2.75, 3.05) is 0 Å². The van der Waals surface area contributed by atoms with Crippen molar-refractivity contribution in [1.29, 1.82) is 0 Å². The predicted octanol–water partition coefficient (Wildman–Crippen LogP) is 0.929. The van der Waals surface area contributed by atoms with Crippen LogP contribution >= 0.6 is 11.6 Å². The van der Waals surface area contributed by atoms with Gasteiger partial charge in [0, 0.05) is 6.42 Å². The van der Waals surface area contributed by atoms with Crippen molar-refractivity contribution in [1.82, 2.24) is 0 Å². The fraction of sp³-hybridized carbons (Fsp3) is 0.800. The third-order valence-corrected chi connectivity index (χ3v) is 1.47. The van der Waals surface area contributed by atoms with E-state index in [9.17, 15) is 4.79 Å². The lowest BCUT2D eigenvalue weighted by Gasteiger charge is -1.95. The van der Waals surface area contributed by atoms with Crippen LogP contribution in [-0.2, 0) is 9.53 Å². The maximum atomic E-state index is 10.4. The van der Waals surface area contributed by atoms with Gasteiger partial charge in [-0.3, -0.25) is 4.79 Å². The molecule has 3 heteroatoms. The molecule has 0 saturated carbocycles. The Morgan fingerprint density at radius 1 is 1.88 bits per heavy atom. The van der Waals surface area contributed by atoms with Crippen molar-refractivity contribution >= 4 is 17.6 Å². The summed E-state index contributed by atoms with van der Waals surface area (Å²) >= 11 is 5.48. The molecule has 0 aromatic heterocycles. The Hall–Kier alpha value is -0.240. The van der Waals surface area contributed by atoms with Gasteiger partial charge in [0.2, 0.25) is 0 Å². The van der Waals surface area contributed by atoms with Crippen LogP contribution < -0.4 is 0 Å². The van der Waals surface area contributed by atoms with E-state index in [-0.39, 0.29) is 12.1 Å². The molecule has 0 unspecified atom stereocenters. The number of ether oxygens (including phenoxy) is 1. The van der Waals surface area contributed by atoms with Crippen LogP contribution in [0.5, 0.6) is 0 Å². The average molecular weight is 135 g/mol. The number of carbonyl (C=O) groups excluding carboxylic acids is 1. The lowest BCUT2D eigenvalue weighted by Crippen LogP contribution is -2.04. The molecule has 1 aliphatic heterocycles. The molecule has 0 aromatic carbocycles. The number of rotatable bonds is 0. The van der Waals surface area contributed by atoms with Crippen molar-refractivity contribution in [3.63, 3.8) is 0 Å². The van der Waals surface area contributed by atoms with E-state index in [1.54, 1.807) is 0 Å². The van der Waals surface area contributed by atoms with Gasteiger partial charge in [-0.05, 0) is 6.92 Å². The van der Waals surface area contributed by atoms with Crippen molar-refractivity contribution in [3.8, 4) is 0 Å². The number of esters is 1. The van der Waals surface area contributed by atoms with Crippen LogP contribution in [0, 0.1) is 0 Å². The van der Waals surface area contributed by atoms with Crippen molar-refractivity contribution in [2.24, 2.45) is 0 Å². The molecule has 1 saturated heterocycles. The van der Waals surface area contributed by atoms with Crippen LogP contribution in [0.3, 0.4) is 0 Å². The molecule has 0 amide bonds. The normalized spacial score (nSPS) is 37.5. The van der Waals surface area contributed by atoms with Crippen molar-refractivity contribution in [2.45, 2.75) is 24.8 Å². The van der Waals surface area contributed by atoms with Crippen LogP contribution in [0.4, 0.5) is 0 Å². The zero-order valence-corrected chi connectivity index (χ0v) is 5.31. The van der Waals surface area contributed by atoms with Gasteiger partial charge < -0.3 is 4.74 Å². The van der Waals surface area contributed by atoms with E-state index in [4.69, 9.17) is 16.3 Å². The SMILES string of the molecule is C[C@@H]1C[C@H](Cl)C(=O)O1. The van der Waals surface area contributed by atoms with Crippen molar-refractivity contribution in [3.05, 3.63) is 0 Å². The molecule has 0 aromatic rings. The molecule has 1 aliphatic rings. The minimum Gasteiger partial charge on any atom is -0.461 e. The third kappa shape index (κ3) is 0.944. The van der Waals surface area contributed by atoms with E-state index >= 15 is 0 Å². The van der Waals surface area contributed by atoms with Crippen LogP contribution in [0.25, 0.3) is 0 Å². The second-order valence-corrected chi connectivity index (χ2v) is 2.48. The molecule has 1 heterocycles. The minimum atomic E-state index is -0.398. The van der Waals surface area contributed by atoms with Crippen LogP contribution in [0.15, 0.2) is 0 Å². The van der Waals surface area contributed by atoms with E-state index in [2.05, 4.69) is 0 Å². The average Bonchev–Trinajstić information content (AvgIpc) is 1.85. The fourth-order valence-electron chi connectivity index (χ4n) is 0.708. The Kier molecular flexibility index (Phi) is 1.43. The highest BCUT2D eigenvalue weighted by Gasteiger charge is 2.29. The number of hydrogen-bond donors (Lipinski definition) is 0. The number of cyclic esters (lactones) is 1. The molecule has 0 spiro atoms. The summed E-state index contributed by atoms with van der Waals surface area (Å²) in [6.45, 7) is 1.83. The molecule has 0 N–H and O–H groups in total. The molecule has 46 valence electrons. The molecule has 8 heavy (non-hydrogen) atoms. The lowest BCUT2D eigenvalue weighted by atomic mass is 10.3. The first kappa shape index (κ1) is 5.89. The maximum absolute atomic E-state index is 10.4. The van der Waals surface area contributed by atoms with Crippen molar-refractivity contribution < 1.29 is 9.53 Å². The first-order valence-electron chi connectivity index (χ1n) is 2.54. The quantitative estimate of drug-likeness (QED) is 0.364. The van der Waals surface area contributed by atoms with Gasteiger partial charge in [-0.1, -0.05) is 0 Å². The maximum Gasteiger partial charge on any atom is 0.324 e. The number of halogens is 1. The Morgan fingerprint density at radius 2 is 2.50 bits per heavy atom. The van der Waals surface area contributed by atoms with E-state index in [0.29, 0.717) is 6.42 Å². The summed E-state index contributed by atoms with van der Waals surface area (Å²) in [6, 6.07) is 0. The number of hydrogen-bond acceptors (Lipinski definition) is 2. The minimum absolute atomic E-state index is 0.0185. The predicted molar refractivity (Wildman–Crippen MR) is 29.8 cm³/mol. The van der Waals surface area contributed by atoms with Crippen LogP contribution in [0.1, 0.15) is 13.3 Å². The van der Waals surface area contributed by atoms with Gasteiger partial charge in [0.05, 0.1) is 0 Å². The van der Waals surface area contributed by atoms with Gasteiger partial charge in [-0.15, -0.1) is 11.6 Å². The first-order chi connectivity index (χ1) is 3.70. The Labute approximate surface area is 52.8 Å². The Morgan fingerprint density at radius 3 is 2.62 bits per heavy atom. The molecular weight excluding hydrogens is 128 g/mol. The first-order valence-corrected chi connectivity index (χ1v) is 2.98. The molecule has 2 nitrogen and oxygen atoms in total. The van der Waals surface area contributed by atoms with E-state index in [1.807, 2.05) is 6.92 Å². The van der Waals surface area contributed by atoms with E-state index < -0.39 is 5.38 Å². The zero-order chi connectivity index (χ0) is 6.15.